The number of nitrogens with zero attached hydrogens (tertiary/aromatic N) is 1. The lowest BCUT2D eigenvalue weighted by atomic mass is 9.95. The van der Waals surface area contributed by atoms with E-state index in [2.05, 4.69) is 15.6 Å². The molecule has 2 fully saturated rings. The molecule has 0 unspecified atom stereocenters. The lowest BCUT2D eigenvalue weighted by Gasteiger charge is -2.20. The summed E-state index contributed by atoms with van der Waals surface area (Å²) in [6.45, 7) is 0. The van der Waals surface area contributed by atoms with Gasteiger partial charge in [-0.1, -0.05) is 6.07 Å². The minimum atomic E-state index is -0.142. The van der Waals surface area contributed by atoms with Gasteiger partial charge in [-0.15, -0.1) is 0 Å². The Labute approximate surface area is 122 Å². The maximum absolute atomic E-state index is 12.3. The van der Waals surface area contributed by atoms with Crippen LogP contribution in [-0.2, 0) is 0 Å². The van der Waals surface area contributed by atoms with Gasteiger partial charge in [0.2, 0.25) is 0 Å². The van der Waals surface area contributed by atoms with E-state index in [0.29, 0.717) is 23.6 Å². The van der Waals surface area contributed by atoms with Crippen LogP contribution in [0.25, 0.3) is 11.5 Å². The minimum absolute atomic E-state index is 0.142. The second-order valence-corrected chi connectivity index (χ2v) is 5.74. The summed E-state index contributed by atoms with van der Waals surface area (Å²) in [5, 5.41) is 6.59. The van der Waals surface area contributed by atoms with Crippen molar-refractivity contribution in [2.45, 2.75) is 37.4 Å². The molecular weight excluding hydrogens is 266 g/mol. The van der Waals surface area contributed by atoms with Gasteiger partial charge in [0.05, 0.1) is 0 Å². The van der Waals surface area contributed by atoms with Crippen LogP contribution in [0.2, 0.25) is 0 Å². The van der Waals surface area contributed by atoms with Gasteiger partial charge in [-0.2, -0.15) is 0 Å². The van der Waals surface area contributed by atoms with Crippen molar-refractivity contribution in [3.05, 3.63) is 42.3 Å². The number of fused-ring (bicyclic) bond motifs is 2. The molecule has 2 N–H and O–H groups in total. The molecule has 2 aromatic rings. The topological polar surface area (TPSA) is 67.2 Å². The van der Waals surface area contributed by atoms with Crippen molar-refractivity contribution < 1.29 is 9.21 Å². The molecule has 2 saturated heterocycles. The van der Waals surface area contributed by atoms with Crippen molar-refractivity contribution >= 4 is 5.91 Å². The van der Waals surface area contributed by atoms with E-state index in [9.17, 15) is 4.79 Å². The van der Waals surface area contributed by atoms with E-state index >= 15 is 0 Å². The van der Waals surface area contributed by atoms with E-state index in [-0.39, 0.29) is 11.9 Å². The van der Waals surface area contributed by atoms with Gasteiger partial charge in [0.1, 0.15) is 5.69 Å². The largest absolute Gasteiger partial charge is 0.449 e. The second-order valence-electron chi connectivity index (χ2n) is 5.74. The zero-order valence-electron chi connectivity index (χ0n) is 11.6. The zero-order valence-corrected chi connectivity index (χ0v) is 11.6. The average molecular weight is 283 g/mol. The van der Waals surface area contributed by atoms with Crippen LogP contribution in [-0.4, -0.2) is 29.0 Å². The summed E-state index contributed by atoms with van der Waals surface area (Å²) in [4.78, 5) is 16.5. The monoisotopic (exact) mass is 283 g/mol. The van der Waals surface area contributed by atoms with Crippen LogP contribution in [0.15, 0.2) is 40.9 Å². The van der Waals surface area contributed by atoms with Crippen molar-refractivity contribution in [3.8, 4) is 11.5 Å². The van der Waals surface area contributed by atoms with Crippen LogP contribution < -0.4 is 10.6 Å². The normalized spacial score (nSPS) is 27.0. The van der Waals surface area contributed by atoms with Crippen LogP contribution in [0.5, 0.6) is 0 Å². The number of amides is 1. The molecule has 2 aromatic heterocycles. The maximum Gasteiger partial charge on any atom is 0.287 e. The Hall–Kier alpha value is -2.14. The number of aromatic nitrogens is 1. The first-order valence-corrected chi connectivity index (χ1v) is 7.38. The smallest absolute Gasteiger partial charge is 0.287 e. The summed E-state index contributed by atoms with van der Waals surface area (Å²) < 4.78 is 5.63. The highest BCUT2D eigenvalue weighted by Crippen LogP contribution is 2.28. The molecule has 5 nitrogen and oxygen atoms in total. The van der Waals surface area contributed by atoms with Gasteiger partial charge in [0.15, 0.2) is 11.5 Å². The van der Waals surface area contributed by atoms with Gasteiger partial charge in [-0.25, -0.2) is 0 Å². The van der Waals surface area contributed by atoms with Gasteiger partial charge < -0.3 is 15.1 Å². The molecule has 0 radical (unpaired) electrons. The Morgan fingerprint density at radius 1 is 1.29 bits per heavy atom. The van der Waals surface area contributed by atoms with Gasteiger partial charge in [-0.3, -0.25) is 9.78 Å². The first-order chi connectivity index (χ1) is 10.3. The Morgan fingerprint density at radius 2 is 2.24 bits per heavy atom. The summed E-state index contributed by atoms with van der Waals surface area (Å²) in [6.07, 6.45) is 5.09. The third-order valence-electron chi connectivity index (χ3n) is 4.36. The average Bonchev–Trinajstić information content (AvgIpc) is 3.24. The molecule has 3 atom stereocenters. The predicted octanol–water partition coefficient (Wildman–Crippen LogP) is 1.96. The molecule has 0 saturated carbocycles. The number of rotatable bonds is 3. The summed E-state index contributed by atoms with van der Waals surface area (Å²) >= 11 is 0. The van der Waals surface area contributed by atoms with E-state index in [1.54, 1.807) is 18.3 Å². The summed E-state index contributed by atoms with van der Waals surface area (Å²) in [6, 6.07) is 10.3. The molecule has 0 spiro atoms. The van der Waals surface area contributed by atoms with Crippen LogP contribution in [0.4, 0.5) is 0 Å². The molecular formula is C16H17N3O2. The Bertz CT molecular complexity index is 653. The standard InChI is InChI=1S/C16H17N3O2/c20-16(19-13-9-10-4-5-11(13)18-10)15-7-6-14(21-15)12-3-1-2-8-17-12/h1-3,6-8,10-11,13,18H,4-5,9H2,(H,19,20)/t10-,11+,13-/m1/s1. The van der Waals surface area contributed by atoms with E-state index in [0.717, 1.165) is 18.5 Å². The number of carbonyl (C=O) groups is 1. The van der Waals surface area contributed by atoms with Crippen molar-refractivity contribution in [1.82, 2.24) is 15.6 Å². The van der Waals surface area contributed by atoms with E-state index < -0.39 is 0 Å². The predicted molar refractivity (Wildman–Crippen MR) is 77.8 cm³/mol. The fourth-order valence-electron chi connectivity index (χ4n) is 3.33. The maximum atomic E-state index is 12.3. The molecule has 5 heteroatoms. The molecule has 1 amide bonds. The number of carbonyl (C=O) groups excluding carboxylic acids is 1. The SMILES string of the molecule is O=C(N[C@@H]1C[C@H]2CC[C@@H]1N2)c1ccc(-c2ccccn2)o1. The van der Waals surface area contributed by atoms with Crippen LogP contribution in [0.1, 0.15) is 29.8 Å². The lowest BCUT2D eigenvalue weighted by molar-refractivity contribution is 0.0903. The molecule has 2 aliphatic heterocycles. The molecule has 4 rings (SSSR count). The first-order valence-electron chi connectivity index (χ1n) is 7.38. The highest BCUT2D eigenvalue weighted by Gasteiger charge is 2.39. The lowest BCUT2D eigenvalue weighted by Crippen LogP contribution is -2.42. The molecule has 2 bridgehead atoms. The van der Waals surface area contributed by atoms with Crippen molar-refractivity contribution in [1.29, 1.82) is 0 Å². The summed E-state index contributed by atoms with van der Waals surface area (Å²) in [5.41, 5.74) is 0.734. The van der Waals surface area contributed by atoms with Crippen LogP contribution in [0.3, 0.4) is 0 Å². The minimum Gasteiger partial charge on any atom is -0.449 e. The third kappa shape index (κ3) is 2.34. The Balaban J connectivity index is 1.47. The fraction of sp³-hybridized carbons (Fsp3) is 0.375. The highest BCUT2D eigenvalue weighted by molar-refractivity contribution is 5.92. The molecule has 0 aliphatic carbocycles. The number of pyridine rings is 1. The van der Waals surface area contributed by atoms with Crippen molar-refractivity contribution in [2.75, 3.05) is 0 Å². The Morgan fingerprint density at radius 3 is 2.95 bits per heavy atom. The van der Waals surface area contributed by atoms with Crippen molar-refractivity contribution in [2.24, 2.45) is 0 Å². The third-order valence-corrected chi connectivity index (χ3v) is 4.36. The quantitative estimate of drug-likeness (QED) is 0.903. The molecule has 4 heterocycles. The molecule has 0 aromatic carbocycles. The number of nitrogens with one attached hydrogen (secondary N) is 2. The van der Waals surface area contributed by atoms with Gasteiger partial charge in [0, 0.05) is 24.3 Å². The first kappa shape index (κ1) is 12.6. The zero-order chi connectivity index (χ0) is 14.2. The molecule has 2 aliphatic rings. The fourth-order valence-corrected chi connectivity index (χ4v) is 3.33. The second kappa shape index (κ2) is 5.00. The van der Waals surface area contributed by atoms with E-state index in [1.807, 2.05) is 18.2 Å². The number of hydrogen-bond acceptors (Lipinski definition) is 4. The summed E-state index contributed by atoms with van der Waals surface area (Å²) in [7, 11) is 0. The van der Waals surface area contributed by atoms with Gasteiger partial charge >= 0.3 is 0 Å². The van der Waals surface area contributed by atoms with E-state index in [1.165, 1.54) is 6.42 Å². The van der Waals surface area contributed by atoms with Crippen LogP contribution in [0, 0.1) is 0 Å². The van der Waals surface area contributed by atoms with E-state index in [4.69, 9.17) is 4.42 Å². The molecule has 21 heavy (non-hydrogen) atoms. The summed E-state index contributed by atoms with van der Waals surface area (Å²) in [5.74, 6) is 0.821. The highest BCUT2D eigenvalue weighted by atomic mass is 16.4. The number of furan rings is 1. The van der Waals surface area contributed by atoms with Crippen molar-refractivity contribution in [3.63, 3.8) is 0 Å². The van der Waals surface area contributed by atoms with Gasteiger partial charge in [0.25, 0.3) is 5.91 Å². The molecule has 108 valence electrons. The van der Waals surface area contributed by atoms with Crippen LogP contribution >= 0.6 is 0 Å². The Kier molecular flexibility index (Phi) is 3.00. The van der Waals surface area contributed by atoms with Gasteiger partial charge in [-0.05, 0) is 43.5 Å². The number of hydrogen-bond donors (Lipinski definition) is 2.